The van der Waals surface area contributed by atoms with E-state index in [9.17, 15) is 5.11 Å². The van der Waals surface area contributed by atoms with E-state index in [2.05, 4.69) is 13.8 Å². The summed E-state index contributed by atoms with van der Waals surface area (Å²) in [6.07, 6.45) is 1.52. The molecule has 0 radical (unpaired) electrons. The highest BCUT2D eigenvalue weighted by molar-refractivity contribution is 5.43. The minimum absolute atomic E-state index is 0.266. The van der Waals surface area contributed by atoms with Gasteiger partial charge in [0.2, 0.25) is 0 Å². The van der Waals surface area contributed by atoms with Crippen LogP contribution in [0.2, 0.25) is 0 Å². The van der Waals surface area contributed by atoms with Crippen LogP contribution >= 0.6 is 0 Å². The van der Waals surface area contributed by atoms with Crippen molar-refractivity contribution in [2.45, 2.75) is 32.8 Å². The molecule has 3 nitrogen and oxygen atoms in total. The average Bonchev–Trinajstić information content (AvgIpc) is 2.98. The first-order valence-corrected chi connectivity index (χ1v) is 6.37. The summed E-state index contributed by atoms with van der Waals surface area (Å²) >= 11 is 0. The molecule has 3 heteroatoms. The molecule has 0 heterocycles. The van der Waals surface area contributed by atoms with Crippen molar-refractivity contribution in [2.75, 3.05) is 14.2 Å². The highest BCUT2D eigenvalue weighted by atomic mass is 16.5. The van der Waals surface area contributed by atoms with E-state index in [1.165, 1.54) is 0 Å². The largest absolute Gasteiger partial charge is 0.493 e. The quantitative estimate of drug-likeness (QED) is 0.873. The number of ether oxygens (including phenoxy) is 2. The van der Waals surface area contributed by atoms with Crippen molar-refractivity contribution in [1.82, 2.24) is 0 Å². The number of aliphatic hydroxyl groups is 1. The zero-order chi connectivity index (χ0) is 13.3. The number of methoxy groups -OCH3 is 2. The summed E-state index contributed by atoms with van der Waals surface area (Å²) in [6, 6.07) is 5.82. The Morgan fingerprint density at radius 3 is 2.39 bits per heavy atom. The lowest BCUT2D eigenvalue weighted by molar-refractivity contribution is 0.137. The van der Waals surface area contributed by atoms with Crippen LogP contribution in [0.1, 0.15) is 25.8 Å². The van der Waals surface area contributed by atoms with Crippen LogP contribution in [0, 0.1) is 11.3 Å². The van der Waals surface area contributed by atoms with Crippen molar-refractivity contribution in [2.24, 2.45) is 11.3 Å². The molecular formula is C15H22O3. The van der Waals surface area contributed by atoms with Crippen molar-refractivity contribution >= 4 is 0 Å². The smallest absolute Gasteiger partial charge is 0.160 e. The third-order valence-corrected chi connectivity index (χ3v) is 3.95. The topological polar surface area (TPSA) is 38.7 Å². The lowest BCUT2D eigenvalue weighted by Gasteiger charge is -2.14. The first kappa shape index (κ1) is 13.2. The molecular weight excluding hydrogens is 228 g/mol. The second kappa shape index (κ2) is 4.81. The Bertz CT molecular complexity index is 426. The summed E-state index contributed by atoms with van der Waals surface area (Å²) < 4.78 is 10.5. The highest BCUT2D eigenvalue weighted by Gasteiger charge is 2.49. The number of hydrogen-bond donors (Lipinski definition) is 1. The van der Waals surface area contributed by atoms with Gasteiger partial charge in [-0.15, -0.1) is 0 Å². The van der Waals surface area contributed by atoms with Gasteiger partial charge in [-0.25, -0.2) is 0 Å². The fourth-order valence-corrected chi connectivity index (χ4v) is 2.56. The fraction of sp³-hybridized carbons (Fsp3) is 0.600. The van der Waals surface area contributed by atoms with Crippen molar-refractivity contribution in [3.05, 3.63) is 23.8 Å². The molecule has 1 N–H and O–H groups in total. The molecule has 2 rings (SSSR count). The van der Waals surface area contributed by atoms with Crippen LogP contribution in [-0.2, 0) is 6.42 Å². The van der Waals surface area contributed by atoms with E-state index in [0.717, 1.165) is 23.5 Å². The van der Waals surface area contributed by atoms with Crippen LogP contribution < -0.4 is 9.47 Å². The SMILES string of the molecule is COc1ccc(CC(O)C2CC2(C)C)cc1OC. The number of rotatable bonds is 5. The van der Waals surface area contributed by atoms with Crippen LogP contribution in [0.5, 0.6) is 11.5 Å². The van der Waals surface area contributed by atoms with Gasteiger partial charge in [0.15, 0.2) is 11.5 Å². The van der Waals surface area contributed by atoms with Gasteiger partial charge in [0.1, 0.15) is 0 Å². The van der Waals surface area contributed by atoms with Gasteiger partial charge in [0, 0.05) is 0 Å². The first-order valence-electron chi connectivity index (χ1n) is 6.37. The Balaban J connectivity index is 2.06. The molecule has 1 aromatic carbocycles. The van der Waals surface area contributed by atoms with Gasteiger partial charge < -0.3 is 14.6 Å². The molecule has 1 aliphatic rings. The highest BCUT2D eigenvalue weighted by Crippen LogP contribution is 2.54. The van der Waals surface area contributed by atoms with Gasteiger partial charge in [-0.1, -0.05) is 19.9 Å². The van der Waals surface area contributed by atoms with Gasteiger partial charge in [-0.2, -0.15) is 0 Å². The standard InChI is InChI=1S/C15H22O3/c1-15(2)9-11(15)12(16)7-10-5-6-13(17-3)14(8-10)18-4/h5-6,8,11-12,16H,7,9H2,1-4H3. The van der Waals surface area contributed by atoms with Crippen molar-refractivity contribution in [1.29, 1.82) is 0 Å². The van der Waals surface area contributed by atoms with Crippen LogP contribution in [0.3, 0.4) is 0 Å². The lowest BCUT2D eigenvalue weighted by atomic mass is 9.99. The maximum atomic E-state index is 10.2. The molecule has 100 valence electrons. The molecule has 0 amide bonds. The Labute approximate surface area is 109 Å². The van der Waals surface area contributed by atoms with E-state index in [1.807, 2.05) is 18.2 Å². The molecule has 1 aromatic rings. The number of hydrogen-bond acceptors (Lipinski definition) is 3. The number of benzene rings is 1. The first-order chi connectivity index (χ1) is 8.47. The average molecular weight is 250 g/mol. The molecule has 1 aliphatic carbocycles. The molecule has 1 saturated carbocycles. The second-order valence-corrected chi connectivity index (χ2v) is 5.76. The van der Waals surface area contributed by atoms with Crippen molar-refractivity contribution < 1.29 is 14.6 Å². The van der Waals surface area contributed by atoms with Crippen LogP contribution in [0.4, 0.5) is 0 Å². The van der Waals surface area contributed by atoms with E-state index in [-0.39, 0.29) is 6.10 Å². The monoisotopic (exact) mass is 250 g/mol. The van der Waals surface area contributed by atoms with E-state index in [4.69, 9.17) is 9.47 Å². The predicted molar refractivity (Wildman–Crippen MR) is 71.1 cm³/mol. The molecule has 0 aromatic heterocycles. The molecule has 2 unspecified atom stereocenters. The molecule has 0 saturated heterocycles. The molecule has 2 atom stereocenters. The van der Waals surface area contributed by atoms with Crippen LogP contribution in [0.25, 0.3) is 0 Å². The van der Waals surface area contributed by atoms with Crippen molar-refractivity contribution in [3.63, 3.8) is 0 Å². The Hall–Kier alpha value is -1.22. The summed E-state index contributed by atoms with van der Waals surface area (Å²) in [4.78, 5) is 0. The summed E-state index contributed by atoms with van der Waals surface area (Å²) in [5, 5.41) is 10.2. The second-order valence-electron chi connectivity index (χ2n) is 5.76. The lowest BCUT2D eigenvalue weighted by Crippen LogP contribution is -2.16. The minimum atomic E-state index is -0.266. The fourth-order valence-electron chi connectivity index (χ4n) is 2.56. The minimum Gasteiger partial charge on any atom is -0.493 e. The van der Waals surface area contributed by atoms with Gasteiger partial charge in [0.05, 0.1) is 20.3 Å². The Kier molecular flexibility index (Phi) is 3.53. The van der Waals surface area contributed by atoms with E-state index in [0.29, 0.717) is 17.8 Å². The third-order valence-electron chi connectivity index (χ3n) is 3.95. The van der Waals surface area contributed by atoms with E-state index >= 15 is 0 Å². The van der Waals surface area contributed by atoms with Gasteiger partial charge >= 0.3 is 0 Å². The molecule has 1 fully saturated rings. The molecule has 0 bridgehead atoms. The number of aliphatic hydroxyl groups excluding tert-OH is 1. The molecule has 18 heavy (non-hydrogen) atoms. The zero-order valence-electron chi connectivity index (χ0n) is 11.6. The summed E-state index contributed by atoms with van der Waals surface area (Å²) in [5.41, 5.74) is 1.39. The van der Waals surface area contributed by atoms with Crippen LogP contribution in [0.15, 0.2) is 18.2 Å². The molecule has 0 spiro atoms. The summed E-state index contributed by atoms with van der Waals surface area (Å²) in [6.45, 7) is 4.41. The zero-order valence-corrected chi connectivity index (χ0v) is 11.6. The molecule has 0 aliphatic heterocycles. The normalized spacial score (nSPS) is 22.4. The summed E-state index contributed by atoms with van der Waals surface area (Å²) in [7, 11) is 3.25. The predicted octanol–water partition coefficient (Wildman–Crippen LogP) is 2.65. The maximum Gasteiger partial charge on any atom is 0.160 e. The Morgan fingerprint density at radius 2 is 1.89 bits per heavy atom. The maximum absolute atomic E-state index is 10.2. The van der Waals surface area contributed by atoms with Crippen LogP contribution in [-0.4, -0.2) is 25.4 Å². The van der Waals surface area contributed by atoms with Gasteiger partial charge in [-0.05, 0) is 41.9 Å². The third kappa shape index (κ3) is 2.61. The van der Waals surface area contributed by atoms with E-state index in [1.54, 1.807) is 14.2 Å². The van der Waals surface area contributed by atoms with E-state index < -0.39 is 0 Å². The Morgan fingerprint density at radius 1 is 1.28 bits per heavy atom. The van der Waals surface area contributed by atoms with Gasteiger partial charge in [-0.3, -0.25) is 0 Å². The van der Waals surface area contributed by atoms with Gasteiger partial charge in [0.25, 0.3) is 0 Å². The summed E-state index contributed by atoms with van der Waals surface area (Å²) in [5.74, 6) is 1.87. The van der Waals surface area contributed by atoms with Crippen molar-refractivity contribution in [3.8, 4) is 11.5 Å².